The van der Waals surface area contributed by atoms with E-state index in [1.807, 2.05) is 25.1 Å². The average molecular weight is 379 g/mol. The van der Waals surface area contributed by atoms with Gasteiger partial charge < -0.3 is 5.32 Å². The quantitative estimate of drug-likeness (QED) is 0.686. The highest BCUT2D eigenvalue weighted by Crippen LogP contribution is 2.34. The lowest BCUT2D eigenvalue weighted by Crippen LogP contribution is -2.07. The number of alkyl halides is 3. The number of hydrogen-bond donors (Lipinski definition) is 1. The standard InChI is InChI=1S/C15H12BrClF3N/c1-9-2-3-10(6-12(9)16)8-21-14-7-11(15(18,19)20)4-5-13(14)17/h2-7,21H,8H2,1H3. The normalized spacial score (nSPS) is 11.5. The summed E-state index contributed by atoms with van der Waals surface area (Å²) in [5, 5.41) is 3.19. The summed E-state index contributed by atoms with van der Waals surface area (Å²) in [6, 6.07) is 9.01. The second kappa shape index (κ2) is 6.28. The summed E-state index contributed by atoms with van der Waals surface area (Å²) in [4.78, 5) is 0. The smallest absolute Gasteiger partial charge is 0.380 e. The minimum absolute atomic E-state index is 0.258. The van der Waals surface area contributed by atoms with Crippen LogP contribution >= 0.6 is 27.5 Å². The highest BCUT2D eigenvalue weighted by Gasteiger charge is 2.30. The van der Waals surface area contributed by atoms with E-state index in [0.717, 1.165) is 27.7 Å². The molecule has 0 aliphatic carbocycles. The number of anilines is 1. The van der Waals surface area contributed by atoms with Gasteiger partial charge in [0.25, 0.3) is 0 Å². The number of hydrogen-bond acceptors (Lipinski definition) is 1. The third-order valence-electron chi connectivity index (χ3n) is 3.01. The molecule has 0 bridgehead atoms. The molecule has 21 heavy (non-hydrogen) atoms. The van der Waals surface area contributed by atoms with Crippen LogP contribution in [0.15, 0.2) is 40.9 Å². The molecule has 0 radical (unpaired) electrons. The summed E-state index contributed by atoms with van der Waals surface area (Å²) in [6.45, 7) is 2.35. The Morgan fingerprint density at radius 2 is 1.86 bits per heavy atom. The van der Waals surface area contributed by atoms with Crippen LogP contribution in [0.3, 0.4) is 0 Å². The van der Waals surface area contributed by atoms with Crippen molar-refractivity contribution in [3.8, 4) is 0 Å². The Balaban J connectivity index is 2.17. The van der Waals surface area contributed by atoms with Crippen LogP contribution < -0.4 is 5.32 Å². The van der Waals surface area contributed by atoms with Gasteiger partial charge in [0, 0.05) is 11.0 Å². The Bertz CT molecular complexity index is 656. The van der Waals surface area contributed by atoms with Crippen molar-refractivity contribution in [1.29, 1.82) is 0 Å². The van der Waals surface area contributed by atoms with Crippen LogP contribution in [-0.4, -0.2) is 0 Å². The monoisotopic (exact) mass is 377 g/mol. The molecule has 0 unspecified atom stereocenters. The first-order valence-corrected chi connectivity index (χ1v) is 7.30. The van der Waals surface area contributed by atoms with Crippen molar-refractivity contribution in [3.63, 3.8) is 0 Å². The highest BCUT2D eigenvalue weighted by atomic mass is 79.9. The topological polar surface area (TPSA) is 12.0 Å². The molecule has 1 N–H and O–H groups in total. The molecule has 0 aliphatic heterocycles. The Labute approximate surface area is 134 Å². The lowest BCUT2D eigenvalue weighted by atomic mass is 10.1. The second-order valence-electron chi connectivity index (χ2n) is 4.63. The third-order valence-corrected chi connectivity index (χ3v) is 4.20. The lowest BCUT2D eigenvalue weighted by Gasteiger charge is -2.13. The Hall–Kier alpha value is -1.20. The van der Waals surface area contributed by atoms with E-state index in [0.29, 0.717) is 6.54 Å². The molecule has 0 aliphatic rings. The molecule has 0 aromatic heterocycles. The molecule has 112 valence electrons. The number of rotatable bonds is 3. The molecular weight excluding hydrogens is 367 g/mol. The van der Waals surface area contributed by atoms with Crippen molar-refractivity contribution in [2.45, 2.75) is 19.6 Å². The van der Waals surface area contributed by atoms with Gasteiger partial charge in [-0.15, -0.1) is 0 Å². The van der Waals surface area contributed by atoms with Crippen LogP contribution in [-0.2, 0) is 12.7 Å². The molecule has 0 saturated carbocycles. The van der Waals surface area contributed by atoms with Gasteiger partial charge in [0.05, 0.1) is 16.3 Å². The van der Waals surface area contributed by atoms with Crippen LogP contribution in [0.4, 0.5) is 18.9 Å². The number of benzene rings is 2. The number of nitrogens with one attached hydrogen (secondary N) is 1. The van der Waals surface area contributed by atoms with Crippen molar-refractivity contribution in [3.05, 3.63) is 62.6 Å². The summed E-state index contributed by atoms with van der Waals surface area (Å²) >= 11 is 9.35. The van der Waals surface area contributed by atoms with E-state index < -0.39 is 11.7 Å². The van der Waals surface area contributed by atoms with Gasteiger partial charge in [0.15, 0.2) is 0 Å². The molecule has 0 atom stereocenters. The fraction of sp³-hybridized carbons (Fsp3) is 0.200. The largest absolute Gasteiger partial charge is 0.416 e. The zero-order valence-corrected chi connectivity index (χ0v) is 13.4. The summed E-state index contributed by atoms with van der Waals surface area (Å²) in [5.74, 6) is 0. The van der Waals surface area contributed by atoms with E-state index in [2.05, 4.69) is 21.2 Å². The minimum atomic E-state index is -4.38. The van der Waals surface area contributed by atoms with E-state index in [1.54, 1.807) is 0 Å². The van der Waals surface area contributed by atoms with Gasteiger partial charge in [-0.25, -0.2) is 0 Å². The van der Waals surface area contributed by atoms with E-state index in [4.69, 9.17) is 11.6 Å². The average Bonchev–Trinajstić information content (AvgIpc) is 2.40. The lowest BCUT2D eigenvalue weighted by molar-refractivity contribution is -0.137. The molecule has 2 aromatic carbocycles. The summed E-state index contributed by atoms with van der Waals surface area (Å²) < 4.78 is 39.0. The predicted octanol–water partition coefficient (Wildman–Crippen LogP) is 6.04. The van der Waals surface area contributed by atoms with E-state index in [1.165, 1.54) is 6.07 Å². The van der Waals surface area contributed by atoms with Gasteiger partial charge >= 0.3 is 6.18 Å². The molecule has 2 aromatic rings. The molecule has 0 saturated heterocycles. The molecule has 6 heteroatoms. The van der Waals surface area contributed by atoms with E-state index >= 15 is 0 Å². The molecular formula is C15H12BrClF3N. The Kier molecular flexibility index (Phi) is 4.84. The maximum Gasteiger partial charge on any atom is 0.416 e. The van der Waals surface area contributed by atoms with Crippen LogP contribution in [0.2, 0.25) is 5.02 Å². The summed E-state index contributed by atoms with van der Waals surface area (Å²) in [6.07, 6.45) is -4.38. The number of aryl methyl sites for hydroxylation is 1. The van der Waals surface area contributed by atoms with Gasteiger partial charge in [0.2, 0.25) is 0 Å². The first-order chi connectivity index (χ1) is 9.77. The Morgan fingerprint density at radius 3 is 2.48 bits per heavy atom. The van der Waals surface area contributed by atoms with Crippen LogP contribution in [0, 0.1) is 6.92 Å². The molecule has 2 rings (SSSR count). The van der Waals surface area contributed by atoms with Gasteiger partial charge in [-0.05, 0) is 42.3 Å². The van der Waals surface area contributed by atoms with E-state index in [9.17, 15) is 13.2 Å². The molecule has 0 spiro atoms. The molecule has 0 heterocycles. The predicted molar refractivity (Wildman–Crippen MR) is 82.7 cm³/mol. The van der Waals surface area contributed by atoms with Gasteiger partial charge in [-0.1, -0.05) is 39.7 Å². The number of halogens is 5. The van der Waals surface area contributed by atoms with Crippen LogP contribution in [0.25, 0.3) is 0 Å². The zero-order chi connectivity index (χ0) is 15.6. The maximum atomic E-state index is 12.7. The van der Waals surface area contributed by atoms with E-state index in [-0.39, 0.29) is 10.7 Å². The maximum absolute atomic E-state index is 12.7. The highest BCUT2D eigenvalue weighted by molar-refractivity contribution is 9.10. The van der Waals surface area contributed by atoms with Crippen molar-refractivity contribution in [2.75, 3.05) is 5.32 Å². The minimum Gasteiger partial charge on any atom is -0.380 e. The van der Waals surface area contributed by atoms with Gasteiger partial charge in [-0.2, -0.15) is 13.2 Å². The first kappa shape index (κ1) is 16.2. The fourth-order valence-corrected chi connectivity index (χ4v) is 2.39. The van der Waals surface area contributed by atoms with Crippen LogP contribution in [0.5, 0.6) is 0 Å². The van der Waals surface area contributed by atoms with Crippen molar-refractivity contribution < 1.29 is 13.2 Å². The third kappa shape index (κ3) is 4.14. The molecule has 0 fully saturated rings. The summed E-state index contributed by atoms with van der Waals surface area (Å²) in [5.41, 5.74) is 1.58. The SMILES string of the molecule is Cc1ccc(CNc2cc(C(F)(F)F)ccc2Cl)cc1Br. The molecule has 1 nitrogen and oxygen atoms in total. The summed E-state index contributed by atoms with van der Waals surface area (Å²) in [7, 11) is 0. The van der Waals surface area contributed by atoms with Crippen molar-refractivity contribution in [2.24, 2.45) is 0 Å². The second-order valence-corrected chi connectivity index (χ2v) is 5.89. The first-order valence-electron chi connectivity index (χ1n) is 6.13. The molecule has 0 amide bonds. The van der Waals surface area contributed by atoms with Crippen molar-refractivity contribution >= 4 is 33.2 Å². The van der Waals surface area contributed by atoms with Crippen molar-refractivity contribution in [1.82, 2.24) is 0 Å². The zero-order valence-electron chi connectivity index (χ0n) is 11.1. The van der Waals surface area contributed by atoms with Gasteiger partial charge in [0.1, 0.15) is 0 Å². The fourth-order valence-electron chi connectivity index (χ4n) is 1.78. The van der Waals surface area contributed by atoms with Crippen LogP contribution in [0.1, 0.15) is 16.7 Å². The van der Waals surface area contributed by atoms with Gasteiger partial charge in [-0.3, -0.25) is 0 Å². The Morgan fingerprint density at radius 1 is 1.14 bits per heavy atom.